The first kappa shape index (κ1) is 11.4. The number of hydrogen-bond acceptors (Lipinski definition) is 3. The summed E-state index contributed by atoms with van der Waals surface area (Å²) in [7, 11) is 2.15. The van der Waals surface area contributed by atoms with Gasteiger partial charge in [-0.15, -0.1) is 0 Å². The number of hydrogen-bond donors (Lipinski definition) is 1. The predicted octanol–water partition coefficient (Wildman–Crippen LogP) is 2.35. The molecule has 1 fully saturated rings. The number of nitrogens with one attached hydrogen (secondary N) is 1. The Hall–Kier alpha value is -1.09. The van der Waals surface area contributed by atoms with E-state index < -0.39 is 0 Å². The van der Waals surface area contributed by atoms with Crippen molar-refractivity contribution < 1.29 is 0 Å². The summed E-state index contributed by atoms with van der Waals surface area (Å²) in [6.45, 7) is 5.24. The molecule has 1 aromatic heterocycles. The van der Waals surface area contributed by atoms with E-state index in [-0.39, 0.29) is 0 Å². The van der Waals surface area contributed by atoms with Gasteiger partial charge < -0.3 is 10.2 Å². The average molecular weight is 219 g/mol. The van der Waals surface area contributed by atoms with Crippen molar-refractivity contribution in [2.75, 3.05) is 18.5 Å². The summed E-state index contributed by atoms with van der Waals surface area (Å²) in [5, 5.41) is 3.37. The van der Waals surface area contributed by atoms with E-state index in [1.54, 1.807) is 0 Å². The first-order valence-corrected chi connectivity index (χ1v) is 6.14. The smallest absolute Gasteiger partial charge is 0.0572 e. The molecule has 1 unspecified atom stereocenters. The third-order valence-corrected chi connectivity index (χ3v) is 3.23. The predicted molar refractivity (Wildman–Crippen MR) is 67.8 cm³/mol. The molecule has 1 heterocycles. The first-order chi connectivity index (χ1) is 7.72. The lowest BCUT2D eigenvalue weighted by molar-refractivity contribution is 0.583. The summed E-state index contributed by atoms with van der Waals surface area (Å²) in [6, 6.07) is 5.39. The molecule has 0 bridgehead atoms. The van der Waals surface area contributed by atoms with Crippen molar-refractivity contribution in [3.8, 4) is 0 Å². The molecule has 2 rings (SSSR count). The van der Waals surface area contributed by atoms with E-state index in [0.29, 0.717) is 6.04 Å². The molecule has 1 aromatic rings. The Labute approximate surface area is 97.9 Å². The van der Waals surface area contributed by atoms with Gasteiger partial charge in [-0.2, -0.15) is 0 Å². The molecule has 0 saturated heterocycles. The highest BCUT2D eigenvalue weighted by atomic mass is 15.2. The Balaban J connectivity index is 2.03. The fourth-order valence-corrected chi connectivity index (χ4v) is 1.95. The van der Waals surface area contributed by atoms with Gasteiger partial charge in [0, 0.05) is 19.1 Å². The van der Waals surface area contributed by atoms with E-state index in [2.05, 4.69) is 48.2 Å². The Kier molecular flexibility index (Phi) is 3.44. The van der Waals surface area contributed by atoms with Crippen molar-refractivity contribution in [3.05, 3.63) is 24.0 Å². The quantitative estimate of drug-likeness (QED) is 0.824. The first-order valence-electron chi connectivity index (χ1n) is 6.14. The van der Waals surface area contributed by atoms with Gasteiger partial charge in [-0.3, -0.25) is 4.98 Å². The van der Waals surface area contributed by atoms with Gasteiger partial charge in [0.2, 0.25) is 0 Å². The minimum atomic E-state index is 0.338. The Morgan fingerprint density at radius 1 is 1.50 bits per heavy atom. The third-order valence-electron chi connectivity index (χ3n) is 3.23. The zero-order valence-electron chi connectivity index (χ0n) is 10.4. The molecule has 0 radical (unpaired) electrons. The maximum Gasteiger partial charge on any atom is 0.0572 e. The van der Waals surface area contributed by atoms with Crippen LogP contribution in [0.25, 0.3) is 0 Å². The highest BCUT2D eigenvalue weighted by Gasteiger charge is 2.26. The summed E-state index contributed by atoms with van der Waals surface area (Å²) in [4.78, 5) is 6.85. The minimum absolute atomic E-state index is 0.338. The van der Waals surface area contributed by atoms with Crippen LogP contribution in [0.5, 0.6) is 0 Å². The van der Waals surface area contributed by atoms with E-state index >= 15 is 0 Å². The lowest BCUT2D eigenvalue weighted by Gasteiger charge is -2.19. The number of pyridine rings is 1. The second kappa shape index (κ2) is 4.83. The second-order valence-corrected chi connectivity index (χ2v) is 4.56. The molecule has 0 aromatic carbocycles. The molecule has 3 nitrogen and oxygen atoms in total. The van der Waals surface area contributed by atoms with Gasteiger partial charge in [0.25, 0.3) is 0 Å². The van der Waals surface area contributed by atoms with Gasteiger partial charge in [-0.05, 0) is 38.4 Å². The van der Waals surface area contributed by atoms with Gasteiger partial charge in [-0.1, -0.05) is 6.92 Å². The number of rotatable bonds is 5. The van der Waals surface area contributed by atoms with Crippen molar-refractivity contribution in [3.63, 3.8) is 0 Å². The molecule has 3 heteroatoms. The highest BCUT2D eigenvalue weighted by molar-refractivity contribution is 5.46. The Bertz CT molecular complexity index is 330. The van der Waals surface area contributed by atoms with Gasteiger partial charge in [0.05, 0.1) is 17.6 Å². The molecule has 88 valence electrons. The van der Waals surface area contributed by atoms with E-state index in [4.69, 9.17) is 0 Å². The lowest BCUT2D eigenvalue weighted by Crippen LogP contribution is -2.21. The monoisotopic (exact) mass is 219 g/mol. The summed E-state index contributed by atoms with van der Waals surface area (Å²) >= 11 is 0. The maximum atomic E-state index is 4.52. The van der Waals surface area contributed by atoms with Crippen LogP contribution in [-0.2, 0) is 0 Å². The third kappa shape index (κ3) is 2.53. The normalized spacial score (nSPS) is 17.2. The van der Waals surface area contributed by atoms with E-state index in [0.717, 1.165) is 18.3 Å². The van der Waals surface area contributed by atoms with Gasteiger partial charge in [0.15, 0.2) is 0 Å². The fraction of sp³-hybridized carbons (Fsp3) is 0.615. The van der Waals surface area contributed by atoms with Crippen LogP contribution in [0.15, 0.2) is 18.3 Å². The molecule has 1 atom stereocenters. The molecule has 0 amide bonds. The van der Waals surface area contributed by atoms with Crippen molar-refractivity contribution in [1.82, 2.24) is 10.3 Å². The zero-order chi connectivity index (χ0) is 11.5. The summed E-state index contributed by atoms with van der Waals surface area (Å²) in [5.74, 6) is 0. The molecular formula is C13H21N3. The van der Waals surface area contributed by atoms with Crippen molar-refractivity contribution in [2.45, 2.75) is 38.8 Å². The van der Waals surface area contributed by atoms with Gasteiger partial charge in [0.1, 0.15) is 0 Å². The topological polar surface area (TPSA) is 28.2 Å². The zero-order valence-corrected chi connectivity index (χ0v) is 10.4. The second-order valence-electron chi connectivity index (χ2n) is 4.56. The molecule has 1 N–H and O–H groups in total. The van der Waals surface area contributed by atoms with Crippen molar-refractivity contribution in [1.29, 1.82) is 0 Å². The van der Waals surface area contributed by atoms with Gasteiger partial charge in [-0.25, -0.2) is 0 Å². The average Bonchev–Trinajstić information content (AvgIpc) is 3.12. The van der Waals surface area contributed by atoms with Crippen LogP contribution in [0, 0.1) is 0 Å². The van der Waals surface area contributed by atoms with Crippen LogP contribution in [0.2, 0.25) is 0 Å². The Morgan fingerprint density at radius 2 is 2.25 bits per heavy atom. The SMILES string of the molecule is CCNC(C)c1ccc(N(C)C2CC2)cn1. The minimum Gasteiger partial charge on any atom is -0.370 e. The van der Waals surface area contributed by atoms with Crippen LogP contribution in [0.4, 0.5) is 5.69 Å². The van der Waals surface area contributed by atoms with E-state index in [9.17, 15) is 0 Å². The molecule has 0 spiro atoms. The summed E-state index contributed by atoms with van der Waals surface area (Å²) in [5.41, 5.74) is 2.35. The molecule has 16 heavy (non-hydrogen) atoms. The highest BCUT2D eigenvalue weighted by Crippen LogP contribution is 2.29. The van der Waals surface area contributed by atoms with Crippen LogP contribution in [0.1, 0.15) is 38.4 Å². The lowest BCUT2D eigenvalue weighted by atomic mass is 10.2. The van der Waals surface area contributed by atoms with Crippen molar-refractivity contribution >= 4 is 5.69 Å². The number of anilines is 1. The van der Waals surface area contributed by atoms with Crippen LogP contribution in [0.3, 0.4) is 0 Å². The Morgan fingerprint density at radius 3 is 2.75 bits per heavy atom. The molecule has 1 aliphatic rings. The molecular weight excluding hydrogens is 198 g/mol. The van der Waals surface area contributed by atoms with Crippen LogP contribution >= 0.6 is 0 Å². The largest absolute Gasteiger partial charge is 0.370 e. The number of aromatic nitrogens is 1. The van der Waals surface area contributed by atoms with Gasteiger partial charge >= 0.3 is 0 Å². The standard InChI is InChI=1S/C13H21N3/c1-4-14-10(2)13-8-7-12(9-15-13)16(3)11-5-6-11/h7-11,14H,4-6H2,1-3H3. The van der Waals surface area contributed by atoms with Crippen molar-refractivity contribution in [2.24, 2.45) is 0 Å². The molecule has 0 aliphatic heterocycles. The summed E-state index contributed by atoms with van der Waals surface area (Å²) in [6.07, 6.45) is 4.64. The summed E-state index contributed by atoms with van der Waals surface area (Å²) < 4.78 is 0. The fourth-order valence-electron chi connectivity index (χ4n) is 1.95. The molecule has 1 saturated carbocycles. The van der Waals surface area contributed by atoms with E-state index in [1.807, 2.05) is 6.20 Å². The van der Waals surface area contributed by atoms with Crippen LogP contribution in [-0.4, -0.2) is 24.6 Å². The maximum absolute atomic E-state index is 4.52. The number of nitrogens with zero attached hydrogens (tertiary/aromatic N) is 2. The molecule has 1 aliphatic carbocycles. The van der Waals surface area contributed by atoms with E-state index in [1.165, 1.54) is 18.5 Å². The van der Waals surface area contributed by atoms with Crippen LogP contribution < -0.4 is 10.2 Å².